The highest BCUT2D eigenvalue weighted by Crippen LogP contribution is 2.45. The first-order chi connectivity index (χ1) is 13.6. The molecule has 2 heteroatoms. The van der Waals surface area contributed by atoms with E-state index in [1.807, 2.05) is 6.07 Å². The van der Waals surface area contributed by atoms with Crippen LogP contribution < -0.4 is 5.73 Å². The van der Waals surface area contributed by atoms with Gasteiger partial charge in [-0.05, 0) is 96.4 Å². The van der Waals surface area contributed by atoms with Gasteiger partial charge in [-0.25, -0.2) is 0 Å². The molecule has 0 amide bonds. The Morgan fingerprint density at radius 2 is 1.72 bits per heavy atom. The van der Waals surface area contributed by atoms with Crippen molar-refractivity contribution in [2.45, 2.75) is 79.6 Å². The van der Waals surface area contributed by atoms with Crippen molar-refractivity contribution in [3.8, 4) is 11.1 Å². The second kappa shape index (κ2) is 8.34. The molecule has 2 atom stereocenters. The van der Waals surface area contributed by atoms with Crippen molar-refractivity contribution in [1.29, 1.82) is 0 Å². The molecular formula is C27H37NO. The number of nitrogen functional groups attached to an aromatic ring is 1. The Labute approximate surface area is 176 Å². The Bertz CT molecular complexity index is 903. The van der Waals surface area contributed by atoms with E-state index >= 15 is 0 Å². The lowest BCUT2D eigenvalue weighted by molar-refractivity contribution is -0.120. The quantitative estimate of drug-likeness (QED) is 0.565. The number of aryl methyl sites for hydroxylation is 3. The van der Waals surface area contributed by atoms with E-state index in [1.54, 1.807) is 6.92 Å². The summed E-state index contributed by atoms with van der Waals surface area (Å²) in [7, 11) is 0. The van der Waals surface area contributed by atoms with Crippen molar-refractivity contribution in [3.05, 3.63) is 52.6 Å². The Kier molecular flexibility index (Phi) is 6.22. The standard InChI is InChI=1S/C27H37NO/c1-7-24(27(4,5)6)26(18(3)29)23-16-22(28)14-17(2)25(23)21-13-12-19-10-8-9-11-20(19)15-21/h12-16,24,26H,7-11,28H2,1-6H3. The lowest BCUT2D eigenvalue weighted by Crippen LogP contribution is -2.31. The van der Waals surface area contributed by atoms with Crippen LogP contribution in [-0.2, 0) is 17.6 Å². The van der Waals surface area contributed by atoms with Gasteiger partial charge < -0.3 is 5.73 Å². The second-order valence-corrected chi connectivity index (χ2v) is 9.96. The van der Waals surface area contributed by atoms with Crippen LogP contribution in [0.25, 0.3) is 11.1 Å². The number of hydrogen-bond acceptors (Lipinski definition) is 2. The van der Waals surface area contributed by atoms with E-state index in [9.17, 15) is 4.79 Å². The van der Waals surface area contributed by atoms with E-state index in [1.165, 1.54) is 41.5 Å². The first kappa shape index (κ1) is 21.6. The molecule has 2 N–H and O–H groups in total. The fourth-order valence-electron chi connectivity index (χ4n) is 5.44. The summed E-state index contributed by atoms with van der Waals surface area (Å²) >= 11 is 0. The zero-order valence-electron chi connectivity index (χ0n) is 19.1. The number of anilines is 1. The van der Waals surface area contributed by atoms with Crippen molar-refractivity contribution in [2.24, 2.45) is 11.3 Å². The lowest BCUT2D eigenvalue weighted by atomic mass is 9.67. The highest BCUT2D eigenvalue weighted by atomic mass is 16.1. The Morgan fingerprint density at radius 1 is 1.07 bits per heavy atom. The lowest BCUT2D eigenvalue weighted by Gasteiger charge is -2.37. The van der Waals surface area contributed by atoms with Crippen molar-refractivity contribution >= 4 is 11.5 Å². The second-order valence-electron chi connectivity index (χ2n) is 9.96. The highest BCUT2D eigenvalue weighted by Gasteiger charge is 2.36. The molecule has 0 aliphatic heterocycles. The monoisotopic (exact) mass is 391 g/mol. The SMILES string of the molecule is CCC(C(C(C)=O)c1cc(N)cc(C)c1-c1ccc2c(c1)CCCC2)C(C)(C)C. The number of hydrogen-bond donors (Lipinski definition) is 1. The Balaban J connectivity index is 2.23. The van der Waals surface area contributed by atoms with E-state index in [4.69, 9.17) is 5.73 Å². The van der Waals surface area contributed by atoms with Gasteiger partial charge in [0, 0.05) is 11.6 Å². The molecular weight excluding hydrogens is 354 g/mol. The Hall–Kier alpha value is -2.09. The molecule has 0 radical (unpaired) electrons. The van der Waals surface area contributed by atoms with Crippen LogP contribution in [0.3, 0.4) is 0 Å². The van der Waals surface area contributed by atoms with Gasteiger partial charge in [-0.2, -0.15) is 0 Å². The molecule has 1 aliphatic carbocycles. The third-order valence-electron chi connectivity index (χ3n) is 6.75. The molecule has 0 saturated carbocycles. The third kappa shape index (κ3) is 4.42. The first-order valence-corrected chi connectivity index (χ1v) is 11.2. The normalized spacial score (nSPS) is 16.2. The minimum atomic E-state index is -0.145. The van der Waals surface area contributed by atoms with Crippen LogP contribution in [-0.4, -0.2) is 5.78 Å². The molecule has 2 aromatic rings. The van der Waals surface area contributed by atoms with Crippen molar-refractivity contribution in [3.63, 3.8) is 0 Å². The van der Waals surface area contributed by atoms with Gasteiger partial charge in [0.15, 0.2) is 0 Å². The predicted molar refractivity (Wildman–Crippen MR) is 124 cm³/mol. The molecule has 2 nitrogen and oxygen atoms in total. The summed E-state index contributed by atoms with van der Waals surface area (Å²) in [5.41, 5.74) is 14.7. The summed E-state index contributed by atoms with van der Waals surface area (Å²) < 4.78 is 0. The number of fused-ring (bicyclic) bond motifs is 1. The molecule has 1 aliphatic rings. The van der Waals surface area contributed by atoms with E-state index in [-0.39, 0.29) is 23.0 Å². The first-order valence-electron chi connectivity index (χ1n) is 11.2. The van der Waals surface area contributed by atoms with Crippen LogP contribution >= 0.6 is 0 Å². The maximum atomic E-state index is 13.0. The van der Waals surface area contributed by atoms with Gasteiger partial charge in [-0.1, -0.05) is 52.3 Å². The van der Waals surface area contributed by atoms with Crippen LogP contribution in [0.15, 0.2) is 30.3 Å². The van der Waals surface area contributed by atoms with E-state index in [2.05, 4.69) is 58.9 Å². The van der Waals surface area contributed by atoms with Crippen molar-refractivity contribution in [2.75, 3.05) is 5.73 Å². The van der Waals surface area contributed by atoms with Gasteiger partial charge in [0.1, 0.15) is 5.78 Å². The smallest absolute Gasteiger partial charge is 0.137 e. The van der Waals surface area contributed by atoms with Crippen LogP contribution in [0.5, 0.6) is 0 Å². The van der Waals surface area contributed by atoms with E-state index in [0.717, 1.165) is 29.7 Å². The average molecular weight is 392 g/mol. The molecule has 2 unspecified atom stereocenters. The van der Waals surface area contributed by atoms with Crippen molar-refractivity contribution < 1.29 is 4.79 Å². The summed E-state index contributed by atoms with van der Waals surface area (Å²) in [6.07, 6.45) is 5.85. The van der Waals surface area contributed by atoms with Crippen LogP contribution in [0, 0.1) is 18.3 Å². The maximum Gasteiger partial charge on any atom is 0.137 e. The molecule has 2 aromatic carbocycles. The largest absolute Gasteiger partial charge is 0.399 e. The summed E-state index contributed by atoms with van der Waals surface area (Å²) in [5.74, 6) is 0.349. The predicted octanol–water partition coefficient (Wildman–Crippen LogP) is 6.87. The number of nitrogens with two attached hydrogens (primary N) is 1. The topological polar surface area (TPSA) is 43.1 Å². The Morgan fingerprint density at radius 3 is 2.31 bits per heavy atom. The highest BCUT2D eigenvalue weighted by molar-refractivity contribution is 5.88. The van der Waals surface area contributed by atoms with Gasteiger partial charge in [-0.15, -0.1) is 0 Å². The minimum Gasteiger partial charge on any atom is -0.399 e. The summed E-state index contributed by atoms with van der Waals surface area (Å²) in [4.78, 5) is 13.0. The minimum absolute atomic E-state index is 0.0384. The van der Waals surface area contributed by atoms with Gasteiger partial charge in [0.05, 0.1) is 0 Å². The molecule has 0 aromatic heterocycles. The van der Waals surface area contributed by atoms with E-state index < -0.39 is 0 Å². The summed E-state index contributed by atoms with van der Waals surface area (Å²) in [6.45, 7) is 12.8. The number of benzene rings is 2. The van der Waals surface area contributed by atoms with E-state index in [0.29, 0.717) is 0 Å². The fourth-order valence-corrected chi connectivity index (χ4v) is 5.44. The van der Waals surface area contributed by atoms with Gasteiger partial charge >= 0.3 is 0 Å². The molecule has 3 rings (SSSR count). The molecule has 0 bridgehead atoms. The number of rotatable bonds is 5. The van der Waals surface area contributed by atoms with Gasteiger partial charge in [-0.3, -0.25) is 4.79 Å². The zero-order chi connectivity index (χ0) is 21.3. The molecule has 0 heterocycles. The summed E-state index contributed by atoms with van der Waals surface area (Å²) in [5, 5.41) is 0. The molecule has 29 heavy (non-hydrogen) atoms. The average Bonchev–Trinajstić information content (AvgIpc) is 2.63. The van der Waals surface area contributed by atoms with Crippen LogP contribution in [0.4, 0.5) is 5.69 Å². The van der Waals surface area contributed by atoms with Gasteiger partial charge in [0.25, 0.3) is 0 Å². The fraction of sp³-hybridized carbons (Fsp3) is 0.519. The van der Waals surface area contributed by atoms with Crippen LogP contribution in [0.1, 0.15) is 82.1 Å². The number of Topliss-reactive ketones (excluding diaryl/α,β-unsaturated/α-hetero) is 1. The molecule has 0 spiro atoms. The zero-order valence-corrected chi connectivity index (χ0v) is 19.1. The molecule has 0 fully saturated rings. The number of ketones is 1. The molecule has 156 valence electrons. The summed E-state index contributed by atoms with van der Waals surface area (Å²) in [6, 6.07) is 11.0. The maximum absolute atomic E-state index is 13.0. The molecule has 0 saturated heterocycles. The van der Waals surface area contributed by atoms with Crippen molar-refractivity contribution in [1.82, 2.24) is 0 Å². The van der Waals surface area contributed by atoms with Crippen LogP contribution in [0.2, 0.25) is 0 Å². The van der Waals surface area contributed by atoms with Gasteiger partial charge in [0.2, 0.25) is 0 Å². The third-order valence-corrected chi connectivity index (χ3v) is 6.75. The number of carbonyl (C=O) groups excluding carboxylic acids is 1. The number of carbonyl (C=O) groups is 1.